The molecular formula is C26H28N4O4. The molecule has 3 aromatic rings. The van der Waals surface area contributed by atoms with E-state index in [-0.39, 0.29) is 24.3 Å². The number of nitrogens with zero attached hydrogens (tertiary/aromatic N) is 2. The van der Waals surface area contributed by atoms with Gasteiger partial charge < -0.3 is 15.1 Å². The standard InChI is InChI=1S/C26H28N4O4/c1-18-8-2-5-12-21(18)30(23(31)17-28-25(32)22-13-7-15-34-22)24(19-9-6-14-27-16-19)26(33)29-20-10-3-4-11-20/h2,5-9,12-16,20,24H,3-4,10-11,17H2,1H3,(H,28,32)(H,29,33)/t24-/m1/s1. The number of aryl methyl sites for hydroxylation is 1. The van der Waals surface area contributed by atoms with Crippen LogP contribution in [0.25, 0.3) is 0 Å². The van der Waals surface area contributed by atoms with Crippen LogP contribution in [0, 0.1) is 6.92 Å². The van der Waals surface area contributed by atoms with Gasteiger partial charge in [-0.1, -0.05) is 37.1 Å². The molecule has 1 aromatic carbocycles. The molecule has 34 heavy (non-hydrogen) atoms. The molecule has 1 atom stereocenters. The van der Waals surface area contributed by atoms with Crippen molar-refractivity contribution >= 4 is 23.4 Å². The monoisotopic (exact) mass is 460 g/mol. The quantitative estimate of drug-likeness (QED) is 0.535. The topological polar surface area (TPSA) is 105 Å². The summed E-state index contributed by atoms with van der Waals surface area (Å²) in [5, 5.41) is 5.73. The molecule has 0 aliphatic heterocycles. The van der Waals surface area contributed by atoms with Crippen molar-refractivity contribution in [3.05, 3.63) is 84.1 Å². The predicted octanol–water partition coefficient (Wildman–Crippen LogP) is 3.55. The van der Waals surface area contributed by atoms with Gasteiger partial charge in [-0.15, -0.1) is 0 Å². The number of benzene rings is 1. The lowest BCUT2D eigenvalue weighted by Crippen LogP contribution is -2.49. The molecule has 0 spiro atoms. The SMILES string of the molecule is Cc1ccccc1N(C(=O)CNC(=O)c1ccco1)[C@@H](C(=O)NC1CCCC1)c1cccnc1. The average Bonchev–Trinajstić information content (AvgIpc) is 3.56. The fraction of sp³-hybridized carbons (Fsp3) is 0.308. The summed E-state index contributed by atoms with van der Waals surface area (Å²) in [6, 6.07) is 13.2. The molecule has 0 saturated heterocycles. The molecular weight excluding hydrogens is 432 g/mol. The Balaban J connectivity index is 1.67. The molecule has 4 rings (SSSR count). The highest BCUT2D eigenvalue weighted by Crippen LogP contribution is 2.31. The van der Waals surface area contributed by atoms with Crippen LogP contribution < -0.4 is 15.5 Å². The van der Waals surface area contributed by atoms with Crippen LogP contribution in [0.3, 0.4) is 0 Å². The van der Waals surface area contributed by atoms with Gasteiger partial charge in [0.1, 0.15) is 6.04 Å². The molecule has 1 saturated carbocycles. The van der Waals surface area contributed by atoms with E-state index in [0.29, 0.717) is 11.3 Å². The number of para-hydroxylation sites is 1. The summed E-state index contributed by atoms with van der Waals surface area (Å²) in [5.41, 5.74) is 2.01. The van der Waals surface area contributed by atoms with Crippen molar-refractivity contribution in [2.75, 3.05) is 11.4 Å². The third kappa shape index (κ3) is 5.33. The van der Waals surface area contributed by atoms with E-state index in [9.17, 15) is 14.4 Å². The number of aromatic nitrogens is 1. The summed E-state index contributed by atoms with van der Waals surface area (Å²) >= 11 is 0. The number of anilines is 1. The van der Waals surface area contributed by atoms with Gasteiger partial charge >= 0.3 is 0 Å². The van der Waals surface area contributed by atoms with Crippen molar-refractivity contribution in [1.29, 1.82) is 0 Å². The highest BCUT2D eigenvalue weighted by Gasteiger charge is 2.35. The first-order chi connectivity index (χ1) is 16.5. The van der Waals surface area contributed by atoms with E-state index in [1.807, 2.05) is 25.1 Å². The van der Waals surface area contributed by atoms with E-state index in [1.165, 1.54) is 17.2 Å². The summed E-state index contributed by atoms with van der Waals surface area (Å²) in [6.07, 6.45) is 8.59. The van der Waals surface area contributed by atoms with Gasteiger partial charge in [-0.3, -0.25) is 24.3 Å². The molecule has 2 heterocycles. The molecule has 1 fully saturated rings. The molecule has 0 radical (unpaired) electrons. The minimum Gasteiger partial charge on any atom is -0.459 e. The Morgan fingerprint density at radius 2 is 1.88 bits per heavy atom. The van der Waals surface area contributed by atoms with Crippen LogP contribution in [0.15, 0.2) is 71.6 Å². The van der Waals surface area contributed by atoms with E-state index in [2.05, 4.69) is 15.6 Å². The lowest BCUT2D eigenvalue weighted by Gasteiger charge is -2.33. The largest absolute Gasteiger partial charge is 0.459 e. The fourth-order valence-electron chi connectivity index (χ4n) is 4.29. The van der Waals surface area contributed by atoms with E-state index >= 15 is 0 Å². The molecule has 2 aromatic heterocycles. The Morgan fingerprint density at radius 1 is 1.09 bits per heavy atom. The van der Waals surface area contributed by atoms with Gasteiger partial charge in [0.2, 0.25) is 11.8 Å². The minimum atomic E-state index is -0.941. The number of carbonyl (C=O) groups is 3. The zero-order valence-corrected chi connectivity index (χ0v) is 19.1. The Bertz CT molecular complexity index is 1120. The molecule has 176 valence electrons. The number of amides is 3. The van der Waals surface area contributed by atoms with Crippen molar-refractivity contribution in [1.82, 2.24) is 15.6 Å². The zero-order valence-electron chi connectivity index (χ0n) is 19.1. The Kier molecular flexibility index (Phi) is 7.37. The summed E-state index contributed by atoms with van der Waals surface area (Å²) in [7, 11) is 0. The van der Waals surface area contributed by atoms with Crippen molar-refractivity contribution in [2.24, 2.45) is 0 Å². The van der Waals surface area contributed by atoms with E-state index < -0.39 is 17.9 Å². The van der Waals surface area contributed by atoms with Gasteiger partial charge in [0, 0.05) is 29.7 Å². The molecule has 8 heteroatoms. The molecule has 1 aliphatic carbocycles. The first kappa shape index (κ1) is 23.2. The van der Waals surface area contributed by atoms with E-state index in [1.54, 1.807) is 36.7 Å². The maximum atomic E-state index is 13.6. The second-order valence-corrected chi connectivity index (χ2v) is 8.39. The first-order valence-electron chi connectivity index (χ1n) is 11.4. The van der Waals surface area contributed by atoms with E-state index in [4.69, 9.17) is 4.42 Å². The van der Waals surface area contributed by atoms with Crippen LogP contribution in [0.2, 0.25) is 0 Å². The number of hydrogen-bond donors (Lipinski definition) is 2. The van der Waals surface area contributed by atoms with Crippen LogP contribution in [0.4, 0.5) is 5.69 Å². The summed E-state index contributed by atoms with van der Waals surface area (Å²) in [5.74, 6) is -1.09. The highest BCUT2D eigenvalue weighted by molar-refractivity contribution is 6.04. The van der Waals surface area contributed by atoms with Gasteiger partial charge in [-0.05, 0) is 49.6 Å². The number of carbonyl (C=O) groups excluding carboxylic acids is 3. The lowest BCUT2D eigenvalue weighted by molar-refractivity contribution is -0.126. The highest BCUT2D eigenvalue weighted by atomic mass is 16.3. The van der Waals surface area contributed by atoms with Gasteiger partial charge in [0.05, 0.1) is 12.8 Å². The van der Waals surface area contributed by atoms with Crippen LogP contribution in [0.5, 0.6) is 0 Å². The lowest BCUT2D eigenvalue weighted by atomic mass is 10.0. The predicted molar refractivity (Wildman–Crippen MR) is 127 cm³/mol. The third-order valence-corrected chi connectivity index (χ3v) is 6.00. The Hall–Kier alpha value is -3.94. The molecule has 8 nitrogen and oxygen atoms in total. The van der Waals surface area contributed by atoms with Crippen molar-refractivity contribution in [2.45, 2.75) is 44.7 Å². The molecule has 3 amide bonds. The smallest absolute Gasteiger partial charge is 0.287 e. The zero-order chi connectivity index (χ0) is 23.9. The average molecular weight is 461 g/mol. The number of pyridine rings is 1. The van der Waals surface area contributed by atoms with Crippen molar-refractivity contribution in [3.8, 4) is 0 Å². The summed E-state index contributed by atoms with van der Waals surface area (Å²) in [6.45, 7) is 1.58. The third-order valence-electron chi connectivity index (χ3n) is 6.00. The van der Waals surface area contributed by atoms with Crippen LogP contribution in [-0.4, -0.2) is 35.3 Å². The van der Waals surface area contributed by atoms with Gasteiger partial charge in [-0.2, -0.15) is 0 Å². The number of nitrogens with one attached hydrogen (secondary N) is 2. The number of rotatable bonds is 8. The second kappa shape index (κ2) is 10.8. The van der Waals surface area contributed by atoms with E-state index in [0.717, 1.165) is 31.2 Å². The maximum absolute atomic E-state index is 13.6. The number of furan rings is 1. The summed E-state index contributed by atoms with van der Waals surface area (Å²) < 4.78 is 5.11. The minimum absolute atomic E-state index is 0.0825. The second-order valence-electron chi connectivity index (χ2n) is 8.39. The van der Waals surface area contributed by atoms with Crippen LogP contribution in [0.1, 0.15) is 53.4 Å². The molecule has 0 bridgehead atoms. The van der Waals surface area contributed by atoms with Crippen molar-refractivity contribution < 1.29 is 18.8 Å². The maximum Gasteiger partial charge on any atom is 0.287 e. The van der Waals surface area contributed by atoms with Gasteiger partial charge in [0.15, 0.2) is 5.76 Å². The molecule has 2 N–H and O–H groups in total. The van der Waals surface area contributed by atoms with Crippen LogP contribution in [-0.2, 0) is 9.59 Å². The Labute approximate surface area is 198 Å². The van der Waals surface area contributed by atoms with Gasteiger partial charge in [0.25, 0.3) is 5.91 Å². The first-order valence-corrected chi connectivity index (χ1v) is 11.4. The number of hydrogen-bond acceptors (Lipinski definition) is 5. The Morgan fingerprint density at radius 3 is 2.56 bits per heavy atom. The van der Waals surface area contributed by atoms with Crippen LogP contribution >= 0.6 is 0 Å². The molecule has 1 aliphatic rings. The normalized spacial score (nSPS) is 14.4. The fourth-order valence-corrected chi connectivity index (χ4v) is 4.29. The summed E-state index contributed by atoms with van der Waals surface area (Å²) in [4.78, 5) is 45.2. The van der Waals surface area contributed by atoms with Gasteiger partial charge in [-0.25, -0.2) is 0 Å². The molecule has 0 unspecified atom stereocenters. The van der Waals surface area contributed by atoms with Crippen molar-refractivity contribution in [3.63, 3.8) is 0 Å².